The molecule has 29 heavy (non-hydrogen) atoms. The van der Waals surface area contributed by atoms with Gasteiger partial charge in [-0.1, -0.05) is 24.3 Å². The van der Waals surface area contributed by atoms with E-state index in [-0.39, 0.29) is 5.91 Å². The molecule has 4 aliphatic carbocycles. The van der Waals surface area contributed by atoms with Crippen molar-refractivity contribution in [2.75, 3.05) is 26.3 Å². The van der Waals surface area contributed by atoms with Gasteiger partial charge in [0.05, 0.1) is 18.6 Å². The average Bonchev–Trinajstić information content (AvgIpc) is 2.71. The summed E-state index contributed by atoms with van der Waals surface area (Å²) in [5.74, 6) is 3.53. The van der Waals surface area contributed by atoms with Crippen molar-refractivity contribution in [3.63, 3.8) is 0 Å². The Labute approximate surface area is 175 Å². The third-order valence-corrected chi connectivity index (χ3v) is 8.25. The lowest BCUT2D eigenvalue weighted by atomic mass is 9.54. The molecule has 1 aromatic carbocycles. The Morgan fingerprint density at radius 2 is 1.72 bits per heavy atom. The molecule has 1 aromatic rings. The lowest BCUT2D eigenvalue weighted by Crippen LogP contribution is -2.58. The number of amides is 1. The Morgan fingerprint density at radius 1 is 1.07 bits per heavy atom. The molecule has 4 nitrogen and oxygen atoms in total. The van der Waals surface area contributed by atoms with Gasteiger partial charge in [-0.3, -0.25) is 9.69 Å². The molecule has 6 rings (SSSR count). The summed E-state index contributed by atoms with van der Waals surface area (Å²) in [4.78, 5) is 15.9. The summed E-state index contributed by atoms with van der Waals surface area (Å²) in [5.41, 5.74) is 1.92. The number of morpholine rings is 1. The molecule has 1 aliphatic heterocycles. The smallest absolute Gasteiger partial charge is 0.230 e. The third-order valence-electron chi connectivity index (χ3n) is 8.25. The monoisotopic (exact) mass is 396 g/mol. The van der Waals surface area contributed by atoms with Gasteiger partial charge >= 0.3 is 0 Å². The first kappa shape index (κ1) is 19.6. The van der Waals surface area contributed by atoms with Crippen LogP contribution in [-0.2, 0) is 21.5 Å². The highest BCUT2D eigenvalue weighted by atomic mass is 16.5. The summed E-state index contributed by atoms with van der Waals surface area (Å²) < 4.78 is 5.46. The van der Waals surface area contributed by atoms with Gasteiger partial charge in [0.25, 0.3) is 0 Å². The second-order valence-corrected chi connectivity index (χ2v) is 10.6. The minimum Gasteiger partial charge on any atom is -0.379 e. The second-order valence-electron chi connectivity index (χ2n) is 10.6. The average molecular weight is 397 g/mol. The van der Waals surface area contributed by atoms with Crippen molar-refractivity contribution in [3.8, 4) is 0 Å². The molecule has 5 fully saturated rings. The van der Waals surface area contributed by atoms with Crippen molar-refractivity contribution in [1.82, 2.24) is 10.2 Å². The fourth-order valence-electron chi connectivity index (χ4n) is 6.70. The van der Waals surface area contributed by atoms with Crippen LogP contribution in [0.4, 0.5) is 0 Å². The van der Waals surface area contributed by atoms with Crippen molar-refractivity contribution < 1.29 is 9.53 Å². The first-order chi connectivity index (χ1) is 14.0. The van der Waals surface area contributed by atoms with Crippen LogP contribution in [0.5, 0.6) is 0 Å². The largest absolute Gasteiger partial charge is 0.379 e. The van der Waals surface area contributed by atoms with Crippen LogP contribution in [0.1, 0.15) is 57.1 Å². The first-order valence-electron chi connectivity index (χ1n) is 11.7. The highest BCUT2D eigenvalue weighted by Gasteiger charge is 2.49. The number of ether oxygens (including phenoxy) is 1. The van der Waals surface area contributed by atoms with Crippen LogP contribution in [-0.4, -0.2) is 43.2 Å². The van der Waals surface area contributed by atoms with E-state index in [1.165, 1.54) is 37.7 Å². The molecule has 4 saturated carbocycles. The van der Waals surface area contributed by atoms with E-state index in [4.69, 9.17) is 4.74 Å². The van der Waals surface area contributed by atoms with Crippen LogP contribution >= 0.6 is 0 Å². The number of hydrogen-bond acceptors (Lipinski definition) is 3. The molecule has 5 aliphatic rings. The minimum atomic E-state index is -0.504. The summed E-state index contributed by atoms with van der Waals surface area (Å²) >= 11 is 0. The van der Waals surface area contributed by atoms with Crippen LogP contribution in [0.25, 0.3) is 0 Å². The van der Waals surface area contributed by atoms with Crippen molar-refractivity contribution in [2.24, 2.45) is 23.7 Å². The van der Waals surface area contributed by atoms with E-state index in [9.17, 15) is 4.79 Å². The third kappa shape index (κ3) is 3.86. The molecule has 158 valence electrons. The molecule has 0 atom stereocenters. The number of nitrogens with zero attached hydrogens (tertiary/aromatic N) is 1. The Morgan fingerprint density at radius 3 is 2.38 bits per heavy atom. The first-order valence-corrected chi connectivity index (χ1v) is 11.7. The van der Waals surface area contributed by atoms with Crippen LogP contribution in [0, 0.1) is 23.7 Å². The molecular weight excluding hydrogens is 360 g/mol. The van der Waals surface area contributed by atoms with Gasteiger partial charge < -0.3 is 10.1 Å². The lowest BCUT2D eigenvalue weighted by molar-refractivity contribution is -0.129. The van der Waals surface area contributed by atoms with E-state index in [1.807, 2.05) is 0 Å². The number of nitrogens with one attached hydrogen (secondary N) is 1. The van der Waals surface area contributed by atoms with Gasteiger partial charge in [0.2, 0.25) is 5.91 Å². The van der Waals surface area contributed by atoms with Gasteiger partial charge in [0.1, 0.15) is 0 Å². The van der Waals surface area contributed by atoms with Crippen molar-refractivity contribution >= 4 is 5.91 Å². The summed E-state index contributed by atoms with van der Waals surface area (Å²) in [5, 5.41) is 3.54. The Hall–Kier alpha value is -1.39. The van der Waals surface area contributed by atoms with Gasteiger partial charge in [-0.25, -0.2) is 0 Å². The molecule has 0 radical (unpaired) electrons. The molecule has 0 unspecified atom stereocenters. The van der Waals surface area contributed by atoms with Crippen molar-refractivity contribution in [3.05, 3.63) is 35.4 Å². The minimum absolute atomic E-state index is 0.207. The molecule has 1 N–H and O–H groups in total. The van der Waals surface area contributed by atoms with E-state index in [1.54, 1.807) is 0 Å². The van der Waals surface area contributed by atoms with Gasteiger partial charge in [-0.2, -0.15) is 0 Å². The Bertz CT molecular complexity index is 725. The zero-order valence-electron chi connectivity index (χ0n) is 18.0. The molecular formula is C25H36N2O2. The Kier molecular flexibility index (Phi) is 5.19. The number of hydrogen-bond donors (Lipinski definition) is 1. The summed E-state index contributed by atoms with van der Waals surface area (Å²) in [6.45, 7) is 8.72. The van der Waals surface area contributed by atoms with Crippen LogP contribution in [0.2, 0.25) is 0 Å². The van der Waals surface area contributed by atoms with Crippen molar-refractivity contribution in [1.29, 1.82) is 0 Å². The summed E-state index contributed by atoms with van der Waals surface area (Å²) in [6, 6.07) is 9.07. The molecule has 0 aromatic heterocycles. The predicted molar refractivity (Wildman–Crippen MR) is 115 cm³/mol. The van der Waals surface area contributed by atoms with Gasteiger partial charge in [0, 0.05) is 25.7 Å². The van der Waals surface area contributed by atoms with Crippen LogP contribution in [0.3, 0.4) is 0 Å². The van der Waals surface area contributed by atoms with E-state index in [2.05, 4.69) is 48.3 Å². The fraction of sp³-hybridized carbons (Fsp3) is 0.720. The number of carbonyl (C=O) groups excluding carboxylic acids is 1. The maximum absolute atomic E-state index is 13.4. The quantitative estimate of drug-likeness (QED) is 0.824. The van der Waals surface area contributed by atoms with Gasteiger partial charge in [0.15, 0.2) is 0 Å². The highest BCUT2D eigenvalue weighted by Crippen LogP contribution is 2.53. The molecule has 4 heteroatoms. The Balaban J connectivity index is 1.27. The number of benzene rings is 1. The van der Waals surface area contributed by atoms with E-state index in [0.717, 1.165) is 62.1 Å². The predicted octanol–water partition coefficient (Wildman–Crippen LogP) is 3.74. The van der Waals surface area contributed by atoms with E-state index >= 15 is 0 Å². The molecule has 1 heterocycles. The highest BCUT2D eigenvalue weighted by molar-refractivity contribution is 5.87. The zero-order chi connectivity index (χ0) is 20.0. The van der Waals surface area contributed by atoms with E-state index in [0.29, 0.717) is 6.04 Å². The molecule has 4 bridgehead atoms. The van der Waals surface area contributed by atoms with Gasteiger partial charge in [-0.05, 0) is 80.8 Å². The fourth-order valence-corrected chi connectivity index (χ4v) is 6.70. The maximum atomic E-state index is 13.4. The second kappa shape index (κ2) is 7.70. The number of carbonyl (C=O) groups is 1. The van der Waals surface area contributed by atoms with E-state index < -0.39 is 5.41 Å². The standard InChI is InChI=1S/C25H36N2O2/c1-25(2,22-5-3-4-17(15-22)16-27-6-8-29-9-7-27)24(28)26-23-20-11-18-10-19(13-20)14-21(23)12-18/h3-5,15,18-21,23H,6-14,16H2,1-2H3,(H,26,28). The van der Waals surface area contributed by atoms with Gasteiger partial charge in [-0.15, -0.1) is 0 Å². The SMILES string of the molecule is CC(C)(C(=O)NC1C2CC3CC(C2)CC1C3)c1cccc(CN2CCOCC2)c1. The van der Waals surface area contributed by atoms with Crippen LogP contribution in [0.15, 0.2) is 24.3 Å². The summed E-state index contributed by atoms with van der Waals surface area (Å²) in [6.07, 6.45) is 6.82. The topological polar surface area (TPSA) is 41.6 Å². The normalized spacial score (nSPS) is 34.3. The van der Waals surface area contributed by atoms with Crippen molar-refractivity contribution in [2.45, 2.75) is 64.0 Å². The van der Waals surface area contributed by atoms with Crippen LogP contribution < -0.4 is 5.32 Å². The lowest BCUT2D eigenvalue weighted by Gasteiger charge is -2.54. The zero-order valence-corrected chi connectivity index (χ0v) is 18.0. The summed E-state index contributed by atoms with van der Waals surface area (Å²) in [7, 11) is 0. The molecule has 1 amide bonds. The molecule has 0 spiro atoms. The molecule has 1 saturated heterocycles. The number of rotatable bonds is 5. The maximum Gasteiger partial charge on any atom is 0.230 e.